The van der Waals surface area contributed by atoms with Gasteiger partial charge >= 0.3 is 0 Å². The minimum atomic E-state index is 0.455. The molecule has 0 saturated heterocycles. The minimum Gasteiger partial charge on any atom is -0.496 e. The fraction of sp³-hybridized carbons (Fsp3) is 0.684. The van der Waals surface area contributed by atoms with Crippen LogP contribution >= 0.6 is 0 Å². The highest BCUT2D eigenvalue weighted by Crippen LogP contribution is 2.60. The zero-order chi connectivity index (χ0) is 14.9. The highest BCUT2D eigenvalue weighted by molar-refractivity contribution is 5.34. The monoisotopic (exact) mass is 287 g/mol. The van der Waals surface area contributed by atoms with Crippen molar-refractivity contribution < 1.29 is 4.74 Å². The van der Waals surface area contributed by atoms with Gasteiger partial charge in [0.05, 0.1) is 7.11 Å². The Morgan fingerprint density at radius 3 is 2.62 bits per heavy atom. The first kappa shape index (κ1) is 14.9. The van der Waals surface area contributed by atoms with Crippen LogP contribution in [-0.4, -0.2) is 20.2 Å². The summed E-state index contributed by atoms with van der Waals surface area (Å²) >= 11 is 0. The van der Waals surface area contributed by atoms with Crippen LogP contribution in [0.2, 0.25) is 0 Å². The molecular weight excluding hydrogens is 258 g/mol. The number of hydrogen-bond acceptors (Lipinski definition) is 2. The van der Waals surface area contributed by atoms with Crippen molar-refractivity contribution >= 4 is 0 Å². The second kappa shape index (κ2) is 6.00. The SMILES string of the molecule is COc1ccccc1CC1(CNCC(C)C)CC2CC2C1. The Morgan fingerprint density at radius 1 is 1.24 bits per heavy atom. The van der Waals surface area contributed by atoms with Crippen molar-refractivity contribution in [1.29, 1.82) is 0 Å². The van der Waals surface area contributed by atoms with Gasteiger partial charge in [0, 0.05) is 6.54 Å². The van der Waals surface area contributed by atoms with Gasteiger partial charge < -0.3 is 10.1 Å². The smallest absolute Gasteiger partial charge is 0.122 e. The lowest BCUT2D eigenvalue weighted by Gasteiger charge is -2.32. The number of methoxy groups -OCH3 is 1. The molecule has 2 unspecified atom stereocenters. The molecule has 21 heavy (non-hydrogen) atoms. The fourth-order valence-corrected chi connectivity index (χ4v) is 4.24. The van der Waals surface area contributed by atoms with E-state index in [1.54, 1.807) is 7.11 Å². The van der Waals surface area contributed by atoms with Crippen molar-refractivity contribution in [2.45, 2.75) is 39.5 Å². The molecule has 2 fully saturated rings. The number of ether oxygens (including phenoxy) is 1. The highest BCUT2D eigenvalue weighted by Gasteiger charge is 2.53. The molecule has 0 aliphatic heterocycles. The Hall–Kier alpha value is -1.02. The van der Waals surface area contributed by atoms with Crippen LogP contribution in [0.1, 0.15) is 38.7 Å². The molecule has 2 atom stereocenters. The van der Waals surface area contributed by atoms with Crippen molar-refractivity contribution in [3.63, 3.8) is 0 Å². The number of para-hydroxylation sites is 1. The molecule has 2 heteroatoms. The summed E-state index contributed by atoms with van der Waals surface area (Å²) in [4.78, 5) is 0. The molecule has 116 valence electrons. The molecule has 1 aromatic carbocycles. The normalized spacial score (nSPS) is 30.5. The predicted octanol–water partition coefficient (Wildman–Crippen LogP) is 3.90. The summed E-state index contributed by atoms with van der Waals surface area (Å²) in [6.45, 7) is 6.86. The summed E-state index contributed by atoms with van der Waals surface area (Å²) < 4.78 is 5.56. The molecule has 2 saturated carbocycles. The van der Waals surface area contributed by atoms with Crippen LogP contribution in [0, 0.1) is 23.2 Å². The van der Waals surface area contributed by atoms with Gasteiger partial charge in [-0.05, 0) is 67.0 Å². The first-order valence-electron chi connectivity index (χ1n) is 8.44. The predicted molar refractivity (Wildman–Crippen MR) is 87.7 cm³/mol. The van der Waals surface area contributed by atoms with E-state index in [-0.39, 0.29) is 0 Å². The number of nitrogens with one attached hydrogen (secondary N) is 1. The molecule has 2 aliphatic carbocycles. The number of hydrogen-bond donors (Lipinski definition) is 1. The van der Waals surface area contributed by atoms with Crippen LogP contribution in [0.15, 0.2) is 24.3 Å². The van der Waals surface area contributed by atoms with E-state index in [1.165, 1.54) is 24.8 Å². The van der Waals surface area contributed by atoms with E-state index >= 15 is 0 Å². The van der Waals surface area contributed by atoms with E-state index in [1.807, 2.05) is 0 Å². The molecule has 2 aliphatic rings. The topological polar surface area (TPSA) is 21.3 Å². The summed E-state index contributed by atoms with van der Waals surface area (Å²) in [5, 5.41) is 3.73. The van der Waals surface area contributed by atoms with Gasteiger partial charge in [-0.2, -0.15) is 0 Å². The third-order valence-electron chi connectivity index (χ3n) is 5.27. The van der Waals surface area contributed by atoms with Gasteiger partial charge in [0.1, 0.15) is 5.75 Å². The van der Waals surface area contributed by atoms with Crippen LogP contribution in [-0.2, 0) is 6.42 Å². The van der Waals surface area contributed by atoms with Gasteiger partial charge in [0.25, 0.3) is 0 Å². The Bertz CT molecular complexity index is 472. The molecule has 1 N–H and O–H groups in total. The van der Waals surface area contributed by atoms with Crippen LogP contribution in [0.25, 0.3) is 0 Å². The second-order valence-corrected chi connectivity index (χ2v) is 7.68. The summed E-state index contributed by atoms with van der Waals surface area (Å²) in [5.74, 6) is 3.81. The van der Waals surface area contributed by atoms with Crippen molar-refractivity contribution in [2.75, 3.05) is 20.2 Å². The quantitative estimate of drug-likeness (QED) is 0.821. The van der Waals surface area contributed by atoms with Gasteiger partial charge in [0.15, 0.2) is 0 Å². The number of rotatable bonds is 7. The maximum absolute atomic E-state index is 5.56. The lowest BCUT2D eigenvalue weighted by atomic mass is 9.77. The van der Waals surface area contributed by atoms with Crippen LogP contribution in [0.3, 0.4) is 0 Å². The maximum atomic E-state index is 5.56. The lowest BCUT2D eigenvalue weighted by Crippen LogP contribution is -2.36. The van der Waals surface area contributed by atoms with Gasteiger partial charge in [-0.15, -0.1) is 0 Å². The molecule has 0 amide bonds. The van der Waals surface area contributed by atoms with E-state index < -0.39 is 0 Å². The maximum Gasteiger partial charge on any atom is 0.122 e. The molecule has 2 nitrogen and oxygen atoms in total. The summed E-state index contributed by atoms with van der Waals surface area (Å²) in [6, 6.07) is 8.55. The molecule has 0 bridgehead atoms. The molecule has 0 heterocycles. The molecule has 3 rings (SSSR count). The molecular formula is C19H29NO. The number of fused-ring (bicyclic) bond motifs is 1. The Kier molecular flexibility index (Phi) is 4.26. The first-order valence-corrected chi connectivity index (χ1v) is 8.44. The third kappa shape index (κ3) is 3.42. The minimum absolute atomic E-state index is 0.455. The summed E-state index contributed by atoms with van der Waals surface area (Å²) in [5.41, 5.74) is 1.84. The van der Waals surface area contributed by atoms with Gasteiger partial charge in [-0.1, -0.05) is 32.0 Å². The van der Waals surface area contributed by atoms with Crippen LogP contribution in [0.4, 0.5) is 0 Å². The molecule has 0 aromatic heterocycles. The van der Waals surface area contributed by atoms with Gasteiger partial charge in [0.2, 0.25) is 0 Å². The zero-order valence-electron chi connectivity index (χ0n) is 13.7. The first-order chi connectivity index (χ1) is 10.1. The highest BCUT2D eigenvalue weighted by atomic mass is 16.5. The number of benzene rings is 1. The largest absolute Gasteiger partial charge is 0.496 e. The molecule has 1 aromatic rings. The average Bonchev–Trinajstić information content (AvgIpc) is 3.07. The molecule has 0 spiro atoms. The van der Waals surface area contributed by atoms with E-state index in [9.17, 15) is 0 Å². The standard InChI is InChI=1S/C19H29NO/c1-14(2)12-20-13-19(10-16-8-17(16)11-19)9-15-6-4-5-7-18(15)21-3/h4-7,14,16-17,20H,8-13H2,1-3H3. The van der Waals surface area contributed by atoms with Gasteiger partial charge in [-0.3, -0.25) is 0 Å². The van der Waals surface area contributed by atoms with Crippen molar-refractivity contribution in [1.82, 2.24) is 5.32 Å². The Balaban J connectivity index is 1.70. The lowest BCUT2D eigenvalue weighted by molar-refractivity contribution is 0.242. The van der Waals surface area contributed by atoms with E-state index in [2.05, 4.69) is 43.4 Å². The second-order valence-electron chi connectivity index (χ2n) is 7.68. The third-order valence-corrected chi connectivity index (χ3v) is 5.27. The van der Waals surface area contributed by atoms with E-state index in [4.69, 9.17) is 4.74 Å². The fourth-order valence-electron chi connectivity index (χ4n) is 4.24. The summed E-state index contributed by atoms with van der Waals surface area (Å²) in [6.07, 6.45) is 5.45. The Labute approximate surface area is 129 Å². The van der Waals surface area contributed by atoms with Gasteiger partial charge in [-0.25, -0.2) is 0 Å². The average molecular weight is 287 g/mol. The zero-order valence-corrected chi connectivity index (χ0v) is 13.7. The van der Waals surface area contributed by atoms with Crippen molar-refractivity contribution in [3.8, 4) is 5.75 Å². The van der Waals surface area contributed by atoms with Crippen LogP contribution < -0.4 is 10.1 Å². The van der Waals surface area contributed by atoms with Crippen LogP contribution in [0.5, 0.6) is 5.75 Å². The Morgan fingerprint density at radius 2 is 1.95 bits per heavy atom. The van der Waals surface area contributed by atoms with E-state index in [0.29, 0.717) is 5.41 Å². The molecule has 0 radical (unpaired) electrons. The van der Waals surface area contributed by atoms with Crippen molar-refractivity contribution in [3.05, 3.63) is 29.8 Å². The summed E-state index contributed by atoms with van der Waals surface area (Å²) in [7, 11) is 1.79. The van der Waals surface area contributed by atoms with E-state index in [0.717, 1.165) is 43.0 Å². The van der Waals surface area contributed by atoms with Crippen molar-refractivity contribution in [2.24, 2.45) is 23.2 Å².